The van der Waals surface area contributed by atoms with Crippen LogP contribution in [-0.2, 0) is 5.75 Å². The van der Waals surface area contributed by atoms with Crippen molar-refractivity contribution in [2.24, 2.45) is 0 Å². The highest BCUT2D eigenvalue weighted by molar-refractivity contribution is 9.10. The summed E-state index contributed by atoms with van der Waals surface area (Å²) in [5.74, 6) is 0.814. The van der Waals surface area contributed by atoms with Crippen LogP contribution in [0.4, 0.5) is 0 Å². The molecule has 1 amide bonds. The third-order valence-electron chi connectivity index (χ3n) is 3.69. The minimum Gasteiger partial charge on any atom is -0.345 e. The normalized spacial score (nSPS) is 10.7. The second kappa shape index (κ2) is 7.89. The first-order valence-electron chi connectivity index (χ1n) is 7.77. The number of amides is 1. The molecule has 0 N–H and O–H groups in total. The first-order valence-corrected chi connectivity index (χ1v) is 9.55. The van der Waals surface area contributed by atoms with E-state index >= 15 is 0 Å². The molecule has 0 spiro atoms. The first kappa shape index (κ1) is 17.8. The van der Waals surface area contributed by atoms with Gasteiger partial charge in [0.25, 0.3) is 5.91 Å². The van der Waals surface area contributed by atoms with E-state index in [1.807, 2.05) is 48.8 Å². The number of hydrogen-bond donors (Lipinski definition) is 0. The van der Waals surface area contributed by atoms with Gasteiger partial charge in [0.15, 0.2) is 5.16 Å². The predicted octanol–water partition coefficient (Wildman–Crippen LogP) is 4.63. The number of carbonyl (C=O) groups is 1. The van der Waals surface area contributed by atoms with Crippen LogP contribution >= 0.6 is 27.7 Å². The molecule has 0 atom stereocenters. The molecule has 3 aromatic rings. The van der Waals surface area contributed by atoms with Crippen molar-refractivity contribution in [1.82, 2.24) is 14.5 Å². The van der Waals surface area contributed by atoms with Crippen molar-refractivity contribution < 1.29 is 4.79 Å². The highest BCUT2D eigenvalue weighted by Crippen LogP contribution is 2.25. The van der Waals surface area contributed by atoms with Gasteiger partial charge in [0.1, 0.15) is 0 Å². The number of carbonyl (C=O) groups excluding carboxylic acids is 1. The average Bonchev–Trinajstić information content (AvgIpc) is 3.09. The number of halogens is 1. The molecule has 128 valence electrons. The Kier molecular flexibility index (Phi) is 5.60. The van der Waals surface area contributed by atoms with Crippen LogP contribution in [0.1, 0.15) is 15.9 Å². The maximum atomic E-state index is 11.9. The summed E-state index contributed by atoms with van der Waals surface area (Å²) >= 11 is 5.13. The fraction of sp³-hybridized carbons (Fsp3) is 0.158. The lowest BCUT2D eigenvalue weighted by Crippen LogP contribution is -2.21. The van der Waals surface area contributed by atoms with E-state index < -0.39 is 0 Å². The molecule has 0 aliphatic carbocycles. The van der Waals surface area contributed by atoms with E-state index in [-0.39, 0.29) is 5.91 Å². The molecule has 0 saturated carbocycles. The van der Waals surface area contributed by atoms with Crippen LogP contribution < -0.4 is 0 Å². The molecule has 0 saturated heterocycles. The van der Waals surface area contributed by atoms with Gasteiger partial charge in [0.2, 0.25) is 0 Å². The zero-order chi connectivity index (χ0) is 17.8. The zero-order valence-electron chi connectivity index (χ0n) is 14.0. The topological polar surface area (TPSA) is 38.1 Å². The smallest absolute Gasteiger partial charge is 0.253 e. The summed E-state index contributed by atoms with van der Waals surface area (Å²) in [6, 6.07) is 15.9. The summed E-state index contributed by atoms with van der Waals surface area (Å²) in [6.07, 6.45) is 3.77. The summed E-state index contributed by atoms with van der Waals surface area (Å²) in [4.78, 5) is 18.0. The van der Waals surface area contributed by atoms with Crippen LogP contribution in [0.25, 0.3) is 5.69 Å². The van der Waals surface area contributed by atoms with Crippen LogP contribution in [0.15, 0.2) is 70.6 Å². The first-order chi connectivity index (χ1) is 12.0. The van der Waals surface area contributed by atoms with Gasteiger partial charge in [-0.1, -0.05) is 39.8 Å². The fourth-order valence-corrected chi connectivity index (χ4v) is 3.54. The molecular weight excluding hydrogens is 398 g/mol. The molecule has 0 fully saturated rings. The molecular formula is C19H18BrN3OS. The predicted molar refractivity (Wildman–Crippen MR) is 105 cm³/mol. The second-order valence-electron chi connectivity index (χ2n) is 5.74. The average molecular weight is 416 g/mol. The number of rotatable bonds is 5. The highest BCUT2D eigenvalue weighted by atomic mass is 79.9. The summed E-state index contributed by atoms with van der Waals surface area (Å²) in [5, 5.41) is 0.941. The number of nitrogens with zero attached hydrogens (tertiary/aromatic N) is 3. The van der Waals surface area contributed by atoms with Gasteiger partial charge in [-0.05, 0) is 42.0 Å². The molecule has 25 heavy (non-hydrogen) atoms. The van der Waals surface area contributed by atoms with E-state index in [4.69, 9.17) is 0 Å². The lowest BCUT2D eigenvalue weighted by Gasteiger charge is -2.11. The Labute approximate surface area is 160 Å². The molecule has 3 rings (SSSR count). The van der Waals surface area contributed by atoms with E-state index in [0.717, 1.165) is 26.6 Å². The van der Waals surface area contributed by atoms with Crippen molar-refractivity contribution in [3.63, 3.8) is 0 Å². The SMILES string of the molecule is CN(C)C(=O)c1ccc(CSc2nccn2-c2ccc(Br)cc2)cc1. The summed E-state index contributed by atoms with van der Waals surface area (Å²) in [7, 11) is 3.52. The van der Waals surface area contributed by atoms with Crippen LogP contribution in [0, 0.1) is 0 Å². The lowest BCUT2D eigenvalue weighted by atomic mass is 10.1. The van der Waals surface area contributed by atoms with Gasteiger partial charge in [0.05, 0.1) is 0 Å². The molecule has 0 aliphatic rings. The van der Waals surface area contributed by atoms with Crippen LogP contribution in [-0.4, -0.2) is 34.5 Å². The van der Waals surface area contributed by atoms with E-state index in [1.165, 1.54) is 0 Å². The zero-order valence-corrected chi connectivity index (χ0v) is 16.4. The number of aromatic nitrogens is 2. The van der Waals surface area contributed by atoms with E-state index in [1.54, 1.807) is 30.8 Å². The minimum atomic E-state index is 0.0185. The lowest BCUT2D eigenvalue weighted by molar-refractivity contribution is 0.0827. The molecule has 4 nitrogen and oxygen atoms in total. The van der Waals surface area contributed by atoms with Crippen LogP contribution in [0.5, 0.6) is 0 Å². The molecule has 0 unspecified atom stereocenters. The Morgan fingerprint density at radius 1 is 1.12 bits per heavy atom. The van der Waals surface area contributed by atoms with E-state index in [0.29, 0.717) is 5.56 Å². The van der Waals surface area contributed by atoms with Crippen molar-refractivity contribution in [2.45, 2.75) is 10.9 Å². The number of benzene rings is 2. The van der Waals surface area contributed by atoms with Crippen molar-refractivity contribution in [3.05, 3.63) is 76.5 Å². The van der Waals surface area contributed by atoms with E-state index in [2.05, 4.69) is 37.6 Å². The van der Waals surface area contributed by atoms with E-state index in [9.17, 15) is 4.79 Å². The quantitative estimate of drug-likeness (QED) is 0.570. The largest absolute Gasteiger partial charge is 0.345 e. The molecule has 0 aliphatic heterocycles. The summed E-state index contributed by atoms with van der Waals surface area (Å²) in [5.41, 5.74) is 2.94. The van der Waals surface area contributed by atoms with Gasteiger partial charge in [0, 0.05) is 48.0 Å². The maximum absolute atomic E-state index is 11.9. The third kappa shape index (κ3) is 4.32. The maximum Gasteiger partial charge on any atom is 0.253 e. The van der Waals surface area contributed by atoms with Gasteiger partial charge >= 0.3 is 0 Å². The van der Waals surface area contributed by atoms with Gasteiger partial charge < -0.3 is 4.90 Å². The van der Waals surface area contributed by atoms with Crippen molar-refractivity contribution in [3.8, 4) is 5.69 Å². The Balaban J connectivity index is 1.69. The monoisotopic (exact) mass is 415 g/mol. The number of thioether (sulfide) groups is 1. The van der Waals surface area contributed by atoms with Crippen LogP contribution in [0.2, 0.25) is 0 Å². The fourth-order valence-electron chi connectivity index (χ4n) is 2.34. The standard InChI is InChI=1S/C19H18BrN3OS/c1-22(2)18(24)15-5-3-14(4-6-15)13-25-19-21-11-12-23(19)17-9-7-16(20)8-10-17/h3-12H,13H2,1-2H3. The number of hydrogen-bond acceptors (Lipinski definition) is 3. The Bertz CT molecular complexity index is 857. The molecule has 0 bridgehead atoms. The Morgan fingerprint density at radius 3 is 2.44 bits per heavy atom. The molecule has 1 heterocycles. The van der Waals surface area contributed by atoms with Gasteiger partial charge in [-0.15, -0.1) is 0 Å². The summed E-state index contributed by atoms with van der Waals surface area (Å²) < 4.78 is 3.12. The summed E-state index contributed by atoms with van der Waals surface area (Å²) in [6.45, 7) is 0. The second-order valence-corrected chi connectivity index (χ2v) is 7.60. The molecule has 0 radical (unpaired) electrons. The van der Waals surface area contributed by atoms with Gasteiger partial charge in [-0.3, -0.25) is 9.36 Å². The van der Waals surface area contributed by atoms with Gasteiger partial charge in [-0.2, -0.15) is 0 Å². The highest BCUT2D eigenvalue weighted by Gasteiger charge is 2.09. The Morgan fingerprint density at radius 2 is 1.80 bits per heavy atom. The molecule has 6 heteroatoms. The molecule has 1 aromatic heterocycles. The van der Waals surface area contributed by atoms with Gasteiger partial charge in [-0.25, -0.2) is 4.98 Å². The number of imidazole rings is 1. The van der Waals surface area contributed by atoms with Crippen molar-refractivity contribution in [2.75, 3.05) is 14.1 Å². The van der Waals surface area contributed by atoms with Crippen molar-refractivity contribution in [1.29, 1.82) is 0 Å². The van der Waals surface area contributed by atoms with Crippen LogP contribution in [0.3, 0.4) is 0 Å². The minimum absolute atomic E-state index is 0.0185. The Hall–Kier alpha value is -2.05. The third-order valence-corrected chi connectivity index (χ3v) is 5.25. The van der Waals surface area contributed by atoms with Crippen molar-refractivity contribution >= 4 is 33.6 Å². The molecule has 2 aromatic carbocycles.